The molecule has 0 atom stereocenters. The van der Waals surface area contributed by atoms with Gasteiger partial charge in [-0.25, -0.2) is 4.98 Å². The molecule has 0 N–H and O–H groups in total. The van der Waals surface area contributed by atoms with Crippen LogP contribution in [0.15, 0.2) is 141 Å². The largest absolute Gasteiger partial charge is 0.501 e. The van der Waals surface area contributed by atoms with Gasteiger partial charge in [0.05, 0.1) is 36.1 Å². The summed E-state index contributed by atoms with van der Waals surface area (Å²) in [7, 11) is -1.35. The second-order valence-corrected chi connectivity index (χ2v) is 26.2. The molecule has 0 unspecified atom stereocenters. The van der Waals surface area contributed by atoms with Crippen molar-refractivity contribution >= 4 is 90.2 Å². The van der Waals surface area contributed by atoms with E-state index >= 15 is 0 Å². The number of hydrogen-bond acceptors (Lipinski definition) is 6. The third kappa shape index (κ3) is 8.08. The average molecular weight is 1110 g/mol. The van der Waals surface area contributed by atoms with Gasteiger partial charge in [-0.05, 0) is 94.2 Å². The van der Waals surface area contributed by atoms with Crippen molar-refractivity contribution < 1.29 is 33.4 Å². The van der Waals surface area contributed by atoms with Gasteiger partial charge in [0.1, 0.15) is 16.7 Å². The fraction of sp³-hybridized carbons (Fsp3) is 0.230. The summed E-state index contributed by atoms with van der Waals surface area (Å²) in [6.45, 7) is 25.0. The first-order chi connectivity index (χ1) is 33.0. The van der Waals surface area contributed by atoms with Crippen molar-refractivity contribution in [3.63, 3.8) is 0 Å². The van der Waals surface area contributed by atoms with Crippen molar-refractivity contribution in [2.24, 2.45) is 0 Å². The number of furan rings is 3. The molecule has 6 heterocycles. The van der Waals surface area contributed by atoms with E-state index in [1.54, 1.807) is 0 Å². The van der Waals surface area contributed by atoms with Crippen LogP contribution >= 0.6 is 0 Å². The summed E-state index contributed by atoms with van der Waals surface area (Å²) < 4.78 is 21.4. The Morgan fingerprint density at radius 1 is 0.600 bits per heavy atom. The van der Waals surface area contributed by atoms with Crippen molar-refractivity contribution in [2.45, 2.75) is 92.3 Å². The Kier molecular flexibility index (Phi) is 11.9. The van der Waals surface area contributed by atoms with Gasteiger partial charge in [0.25, 0.3) is 0 Å². The maximum Gasteiger partial charge on any atom is 0.216 e. The fourth-order valence-electron chi connectivity index (χ4n) is 9.69. The van der Waals surface area contributed by atoms with Gasteiger partial charge in [0.15, 0.2) is 0 Å². The first kappa shape index (κ1) is 47.1. The molecule has 0 amide bonds. The minimum absolute atomic E-state index is 0. The molecule has 1 radical (unpaired) electrons. The second kappa shape index (κ2) is 17.6. The van der Waals surface area contributed by atoms with E-state index in [0.29, 0.717) is 17.5 Å². The Balaban J connectivity index is 0.000000192. The molecule has 6 aromatic heterocycles. The third-order valence-corrected chi connectivity index (χ3v) is 15.6. The average Bonchev–Trinajstić information content (AvgIpc) is 4.09. The quantitative estimate of drug-likeness (QED) is 0.122. The van der Waals surface area contributed by atoms with Gasteiger partial charge in [-0.15, -0.1) is 36.4 Å². The summed E-state index contributed by atoms with van der Waals surface area (Å²) in [5.74, 6) is 1.46. The van der Waals surface area contributed by atoms with Crippen molar-refractivity contribution in [1.82, 2.24) is 19.5 Å². The van der Waals surface area contributed by atoms with Crippen LogP contribution in [0.3, 0.4) is 0 Å². The van der Waals surface area contributed by atoms with Crippen molar-refractivity contribution in [2.75, 3.05) is 0 Å². The molecular formula is C61H56IrN4O3Si-2. The predicted molar refractivity (Wildman–Crippen MR) is 288 cm³/mol. The number of aromatic nitrogens is 4. The zero-order chi connectivity index (χ0) is 48.1. The molecular weight excluding hydrogens is 1060 g/mol. The van der Waals surface area contributed by atoms with Crippen LogP contribution in [0, 0.1) is 19.1 Å². The van der Waals surface area contributed by atoms with Gasteiger partial charge in [-0.2, -0.15) is 0 Å². The number of imidazole rings is 1. The minimum atomic E-state index is -1.35. The smallest absolute Gasteiger partial charge is 0.216 e. The van der Waals surface area contributed by atoms with Crippen LogP contribution in [-0.2, 0) is 25.5 Å². The molecule has 0 fully saturated rings. The summed E-state index contributed by atoms with van der Waals surface area (Å²) in [6.07, 6.45) is 2.00. The Labute approximate surface area is 423 Å². The molecule has 0 bridgehead atoms. The maximum absolute atomic E-state index is 6.74. The molecule has 0 aliphatic carbocycles. The summed E-state index contributed by atoms with van der Waals surface area (Å²) in [5.41, 5.74) is 15.7. The van der Waals surface area contributed by atoms with Crippen LogP contribution in [0.4, 0.5) is 0 Å². The van der Waals surface area contributed by atoms with Gasteiger partial charge in [-0.1, -0.05) is 145 Å². The van der Waals surface area contributed by atoms with E-state index in [4.69, 9.17) is 18.2 Å². The molecule has 0 aliphatic rings. The number of aryl methyl sites for hydroxylation is 1. The Morgan fingerprint density at radius 3 is 1.90 bits per heavy atom. The molecule has 0 spiro atoms. The Hall–Kier alpha value is -6.64. The van der Waals surface area contributed by atoms with Gasteiger partial charge in [0.2, 0.25) is 5.71 Å². The summed E-state index contributed by atoms with van der Waals surface area (Å²) in [6, 6.07) is 48.9. The molecule has 7 nitrogen and oxygen atoms in total. The van der Waals surface area contributed by atoms with Crippen LogP contribution in [0.2, 0.25) is 19.6 Å². The van der Waals surface area contributed by atoms with Crippen LogP contribution < -0.4 is 5.19 Å². The first-order valence-corrected chi connectivity index (χ1v) is 27.6. The summed E-state index contributed by atoms with van der Waals surface area (Å²) in [4.78, 5) is 14.5. The minimum Gasteiger partial charge on any atom is -0.501 e. The van der Waals surface area contributed by atoms with Crippen molar-refractivity contribution in [3.05, 3.63) is 162 Å². The molecule has 12 rings (SSSR count). The standard InChI is InChI=1S/C41H37N2O2.C20H19N2OSi.Ir/c1-23(2)29-19-25(41(5,6)7)20-30(24(3)4)38(29)43-34-17-10-9-16-33(34)42-40(43)28-15-12-14-27-32-22-36-31(21-37(32)45-39(27)28)26-13-8-11-18-35(26)44-36;1-13-8-10-16-15-6-5-7-17(19(15)23-20(16)22-13)18-11-9-14(12-21-18)24(2,3)4;/h8-14,16-24H,1-7H3;5-6,8-12H,1-4H3;/q2*-1;. The number of fused-ring (bicyclic) bond motifs is 10. The molecule has 0 aliphatic heterocycles. The third-order valence-electron chi connectivity index (χ3n) is 13.5. The molecule has 0 saturated heterocycles. The Morgan fingerprint density at radius 2 is 1.23 bits per heavy atom. The second-order valence-electron chi connectivity index (χ2n) is 21.1. The van der Waals surface area contributed by atoms with E-state index in [2.05, 4.69) is 174 Å². The zero-order valence-corrected chi connectivity index (χ0v) is 45.0. The number of rotatable bonds is 6. The van der Waals surface area contributed by atoms with Crippen LogP contribution in [0.25, 0.3) is 105 Å². The molecule has 9 heteroatoms. The Bertz CT molecular complexity index is 3920. The molecule has 6 aromatic carbocycles. The molecule has 353 valence electrons. The van der Waals surface area contributed by atoms with Crippen LogP contribution in [0.1, 0.15) is 82.7 Å². The van der Waals surface area contributed by atoms with E-state index in [9.17, 15) is 0 Å². The number of nitrogens with zero attached hydrogens (tertiary/aromatic N) is 4. The van der Waals surface area contributed by atoms with Gasteiger partial charge < -0.3 is 22.8 Å². The zero-order valence-electron chi connectivity index (χ0n) is 41.6. The number of pyridine rings is 2. The monoisotopic (exact) mass is 1110 g/mol. The van der Waals surface area contributed by atoms with Gasteiger partial charge in [-0.3, -0.25) is 4.98 Å². The summed E-state index contributed by atoms with van der Waals surface area (Å²) >= 11 is 0. The van der Waals surface area contributed by atoms with Crippen molar-refractivity contribution in [3.8, 4) is 28.3 Å². The van der Waals surface area contributed by atoms with E-state index in [1.165, 1.54) is 27.6 Å². The fourth-order valence-corrected chi connectivity index (χ4v) is 10.7. The number of benzene rings is 6. The number of hydrogen-bond donors (Lipinski definition) is 0. The van der Waals surface area contributed by atoms with E-state index in [-0.39, 0.29) is 25.5 Å². The first-order valence-electron chi connectivity index (χ1n) is 24.1. The van der Waals surface area contributed by atoms with Crippen LogP contribution in [-0.4, -0.2) is 27.6 Å². The number of para-hydroxylation sites is 3. The maximum atomic E-state index is 6.74. The van der Waals surface area contributed by atoms with Gasteiger partial charge >= 0.3 is 0 Å². The summed E-state index contributed by atoms with van der Waals surface area (Å²) in [5, 5.41) is 7.62. The van der Waals surface area contributed by atoms with Gasteiger partial charge in [0, 0.05) is 59.2 Å². The van der Waals surface area contributed by atoms with Crippen molar-refractivity contribution in [1.29, 1.82) is 0 Å². The van der Waals surface area contributed by atoms with E-state index in [0.717, 1.165) is 99.6 Å². The molecule has 12 aromatic rings. The molecule has 0 saturated carbocycles. The molecule has 70 heavy (non-hydrogen) atoms. The normalized spacial score (nSPS) is 12.4. The van der Waals surface area contributed by atoms with Crippen LogP contribution in [0.5, 0.6) is 0 Å². The SMILES string of the molecule is CC(C)c1cc(C(C)(C)C)cc(C(C)C)c1-n1c(-c2[c-]ccc3c2oc2cc4c(cc23)oc2ccccc24)nc2ccccc21.Cc1ccc2c(n1)oc1c(-c3ccc([Si](C)(C)C)cn3)[c-]ccc12.[Ir]. The topological polar surface area (TPSA) is 83.0 Å². The van der Waals surface area contributed by atoms with E-state index in [1.807, 2.05) is 55.6 Å². The van der Waals surface area contributed by atoms with E-state index < -0.39 is 8.07 Å². The predicted octanol–water partition coefficient (Wildman–Crippen LogP) is 16.5.